The average Bonchev–Trinajstić information content (AvgIpc) is 2.68. The molecule has 0 aromatic heterocycles. The number of thiol groups is 1. The number of benzene rings is 1. The van der Waals surface area contributed by atoms with Gasteiger partial charge in [0, 0.05) is 5.75 Å². The van der Waals surface area contributed by atoms with E-state index in [4.69, 9.17) is 0 Å². The first-order valence-corrected chi connectivity index (χ1v) is 12.2. The van der Waals surface area contributed by atoms with Gasteiger partial charge in [-0.05, 0) is 24.0 Å². The van der Waals surface area contributed by atoms with E-state index >= 15 is 0 Å². The highest BCUT2D eigenvalue weighted by Gasteiger charge is 2.00. The summed E-state index contributed by atoms with van der Waals surface area (Å²) in [6.45, 7) is 2.30. The Morgan fingerprint density at radius 2 is 0.923 bits per heavy atom. The minimum Gasteiger partial charge on any atom is -0.175 e. The van der Waals surface area contributed by atoms with Crippen molar-refractivity contribution >= 4 is 12.6 Å². The summed E-state index contributed by atoms with van der Waals surface area (Å²) in [5.74, 6) is 0.870. The summed E-state index contributed by atoms with van der Waals surface area (Å²) in [6.07, 6.45) is 24.3. The SMILES string of the molecule is CCCCCCCCCCCCCCCCCCc1ccccc1CS. The highest BCUT2D eigenvalue weighted by Crippen LogP contribution is 2.16. The van der Waals surface area contributed by atoms with E-state index in [1.165, 1.54) is 120 Å². The van der Waals surface area contributed by atoms with Gasteiger partial charge in [-0.25, -0.2) is 0 Å². The van der Waals surface area contributed by atoms with Gasteiger partial charge in [-0.1, -0.05) is 128 Å². The Hall–Kier alpha value is -0.430. The van der Waals surface area contributed by atoms with E-state index in [9.17, 15) is 0 Å². The lowest BCUT2D eigenvalue weighted by atomic mass is 10.0. The van der Waals surface area contributed by atoms with Gasteiger partial charge < -0.3 is 0 Å². The van der Waals surface area contributed by atoms with E-state index in [-0.39, 0.29) is 0 Å². The molecule has 0 atom stereocenters. The van der Waals surface area contributed by atoms with Crippen molar-refractivity contribution < 1.29 is 0 Å². The van der Waals surface area contributed by atoms with Crippen LogP contribution in [-0.2, 0) is 12.2 Å². The van der Waals surface area contributed by atoms with Crippen LogP contribution in [0, 0.1) is 0 Å². The highest BCUT2D eigenvalue weighted by molar-refractivity contribution is 7.79. The van der Waals surface area contributed by atoms with Gasteiger partial charge in [-0.15, -0.1) is 0 Å². The normalized spacial score (nSPS) is 11.2. The minimum absolute atomic E-state index is 0.870. The average molecular weight is 377 g/mol. The maximum Gasteiger partial charge on any atom is 0.0157 e. The van der Waals surface area contributed by atoms with Gasteiger partial charge in [-0.3, -0.25) is 0 Å². The van der Waals surface area contributed by atoms with Crippen LogP contribution >= 0.6 is 12.6 Å². The van der Waals surface area contributed by atoms with Gasteiger partial charge in [-0.2, -0.15) is 12.6 Å². The first-order chi connectivity index (χ1) is 12.9. The fourth-order valence-electron chi connectivity index (χ4n) is 3.82. The quantitative estimate of drug-likeness (QED) is 0.192. The van der Waals surface area contributed by atoms with E-state index in [0.29, 0.717) is 0 Å². The van der Waals surface area contributed by atoms with Gasteiger partial charge >= 0.3 is 0 Å². The van der Waals surface area contributed by atoms with Gasteiger partial charge in [0.2, 0.25) is 0 Å². The molecule has 0 bridgehead atoms. The zero-order chi connectivity index (χ0) is 18.7. The fourth-order valence-corrected chi connectivity index (χ4v) is 4.13. The molecule has 0 nitrogen and oxygen atoms in total. The molecule has 0 radical (unpaired) electrons. The molecule has 26 heavy (non-hydrogen) atoms. The summed E-state index contributed by atoms with van der Waals surface area (Å²) in [7, 11) is 0. The lowest BCUT2D eigenvalue weighted by Crippen LogP contribution is -1.92. The molecule has 0 amide bonds. The molecule has 0 saturated carbocycles. The Morgan fingerprint density at radius 3 is 1.35 bits per heavy atom. The number of aryl methyl sites for hydroxylation is 1. The van der Waals surface area contributed by atoms with E-state index < -0.39 is 0 Å². The van der Waals surface area contributed by atoms with Crippen LogP contribution in [0.3, 0.4) is 0 Å². The largest absolute Gasteiger partial charge is 0.175 e. The molecule has 0 unspecified atom stereocenters. The van der Waals surface area contributed by atoms with Crippen LogP contribution in [0.15, 0.2) is 24.3 Å². The van der Waals surface area contributed by atoms with Gasteiger partial charge in [0.05, 0.1) is 0 Å². The first-order valence-electron chi connectivity index (χ1n) is 11.6. The Balaban J connectivity index is 1.80. The highest BCUT2D eigenvalue weighted by atomic mass is 32.1. The Labute approximate surface area is 170 Å². The predicted octanol–water partition coefficient (Wildman–Crippen LogP) is 8.92. The van der Waals surface area contributed by atoms with Crippen LogP contribution in [-0.4, -0.2) is 0 Å². The molecule has 0 aliphatic rings. The third-order valence-electron chi connectivity index (χ3n) is 5.59. The molecule has 1 aromatic carbocycles. The molecule has 150 valence electrons. The standard InChI is InChI=1S/C25H44S/c1-2-3-4-5-6-7-8-9-10-11-12-13-14-15-16-17-20-24-21-18-19-22-25(24)23-26/h18-19,21-22,26H,2-17,20,23H2,1H3. The molecule has 0 aliphatic carbocycles. The molecule has 0 aliphatic heterocycles. The Bertz CT molecular complexity index is 412. The lowest BCUT2D eigenvalue weighted by Gasteiger charge is -2.07. The van der Waals surface area contributed by atoms with Crippen molar-refractivity contribution in [3.63, 3.8) is 0 Å². The first kappa shape index (κ1) is 23.6. The summed E-state index contributed by atoms with van der Waals surface area (Å²) in [6, 6.07) is 8.78. The fraction of sp³-hybridized carbons (Fsp3) is 0.760. The van der Waals surface area contributed by atoms with Crippen molar-refractivity contribution in [2.24, 2.45) is 0 Å². The van der Waals surface area contributed by atoms with Crippen molar-refractivity contribution in [2.75, 3.05) is 0 Å². The van der Waals surface area contributed by atoms with Crippen LogP contribution in [0.2, 0.25) is 0 Å². The smallest absolute Gasteiger partial charge is 0.0157 e. The number of hydrogen-bond acceptors (Lipinski definition) is 1. The van der Waals surface area contributed by atoms with Crippen molar-refractivity contribution in [2.45, 2.75) is 122 Å². The summed E-state index contributed by atoms with van der Waals surface area (Å²) in [5, 5.41) is 0. The van der Waals surface area contributed by atoms with Crippen molar-refractivity contribution in [1.29, 1.82) is 0 Å². The number of hydrogen-bond donors (Lipinski definition) is 1. The third kappa shape index (κ3) is 12.8. The summed E-state index contributed by atoms with van der Waals surface area (Å²) < 4.78 is 0. The van der Waals surface area contributed by atoms with E-state index in [1.807, 2.05) is 0 Å². The maximum absolute atomic E-state index is 4.43. The van der Waals surface area contributed by atoms with Crippen LogP contribution in [0.25, 0.3) is 0 Å². The predicted molar refractivity (Wildman–Crippen MR) is 122 cm³/mol. The second-order valence-electron chi connectivity index (χ2n) is 7.98. The lowest BCUT2D eigenvalue weighted by molar-refractivity contribution is 0.529. The van der Waals surface area contributed by atoms with Crippen LogP contribution in [0.1, 0.15) is 121 Å². The summed E-state index contributed by atoms with van der Waals surface area (Å²) >= 11 is 4.43. The molecule has 0 heterocycles. The van der Waals surface area contributed by atoms with Crippen LogP contribution in [0.5, 0.6) is 0 Å². The maximum atomic E-state index is 4.43. The van der Waals surface area contributed by atoms with Crippen molar-refractivity contribution in [1.82, 2.24) is 0 Å². The molecule has 0 saturated heterocycles. The zero-order valence-electron chi connectivity index (χ0n) is 17.5. The van der Waals surface area contributed by atoms with E-state index in [0.717, 1.165) is 5.75 Å². The molecule has 1 heteroatoms. The molecular formula is C25H44S. The van der Waals surface area contributed by atoms with Crippen molar-refractivity contribution in [3.05, 3.63) is 35.4 Å². The van der Waals surface area contributed by atoms with E-state index in [2.05, 4.69) is 43.8 Å². The van der Waals surface area contributed by atoms with Gasteiger partial charge in [0.15, 0.2) is 0 Å². The second kappa shape index (κ2) is 18.0. The third-order valence-corrected chi connectivity index (χ3v) is 5.93. The monoisotopic (exact) mass is 376 g/mol. The molecule has 1 rings (SSSR count). The summed E-state index contributed by atoms with van der Waals surface area (Å²) in [5.41, 5.74) is 2.92. The minimum atomic E-state index is 0.870. The Morgan fingerprint density at radius 1 is 0.538 bits per heavy atom. The molecule has 1 aromatic rings. The topological polar surface area (TPSA) is 0 Å². The van der Waals surface area contributed by atoms with E-state index in [1.54, 1.807) is 0 Å². The van der Waals surface area contributed by atoms with Gasteiger partial charge in [0.25, 0.3) is 0 Å². The number of rotatable bonds is 18. The second-order valence-corrected chi connectivity index (χ2v) is 8.30. The molecule has 0 spiro atoms. The van der Waals surface area contributed by atoms with Crippen LogP contribution in [0.4, 0.5) is 0 Å². The molecule has 0 N–H and O–H groups in total. The van der Waals surface area contributed by atoms with Gasteiger partial charge in [0.1, 0.15) is 0 Å². The molecular weight excluding hydrogens is 332 g/mol. The zero-order valence-corrected chi connectivity index (χ0v) is 18.4. The Kier molecular flexibility index (Phi) is 16.3. The number of unbranched alkanes of at least 4 members (excludes halogenated alkanes) is 15. The molecule has 0 fully saturated rings. The summed E-state index contributed by atoms with van der Waals surface area (Å²) in [4.78, 5) is 0. The van der Waals surface area contributed by atoms with Crippen molar-refractivity contribution in [3.8, 4) is 0 Å². The van der Waals surface area contributed by atoms with Crippen LogP contribution < -0.4 is 0 Å².